The zero-order valence-electron chi connectivity index (χ0n) is 10.0. The molecule has 0 fully saturated rings. The summed E-state index contributed by atoms with van der Waals surface area (Å²) in [6.07, 6.45) is 3.51. The highest BCUT2D eigenvalue weighted by molar-refractivity contribution is 5.33. The van der Waals surface area contributed by atoms with Crippen LogP contribution < -0.4 is 5.32 Å². The van der Waals surface area contributed by atoms with Crippen molar-refractivity contribution in [2.75, 3.05) is 7.05 Å². The molecule has 92 valence electrons. The van der Waals surface area contributed by atoms with Gasteiger partial charge in [-0.3, -0.25) is 0 Å². The Morgan fingerprint density at radius 1 is 1.50 bits per heavy atom. The van der Waals surface area contributed by atoms with E-state index in [1.807, 2.05) is 19.3 Å². The summed E-state index contributed by atoms with van der Waals surface area (Å²) < 4.78 is 15.4. The highest BCUT2D eigenvalue weighted by Gasteiger charge is 2.05. The third-order valence-corrected chi connectivity index (χ3v) is 2.57. The number of imidazole rings is 1. The Balaban J connectivity index is 2.20. The number of nitrogens with zero attached hydrogens (tertiary/aromatic N) is 3. The van der Waals surface area contributed by atoms with Gasteiger partial charge in [0.05, 0.1) is 30.2 Å². The van der Waals surface area contributed by atoms with Crippen LogP contribution in [0.25, 0.3) is 0 Å². The van der Waals surface area contributed by atoms with Crippen LogP contribution in [0.4, 0.5) is 4.39 Å². The zero-order valence-corrected chi connectivity index (χ0v) is 10.0. The summed E-state index contributed by atoms with van der Waals surface area (Å²) in [6, 6.07) is 6.36. The topological polar surface area (TPSA) is 53.6 Å². The molecule has 1 N–H and O–H groups in total. The molecular weight excluding hydrogens is 231 g/mol. The Morgan fingerprint density at radius 3 is 3.06 bits per heavy atom. The Bertz CT molecular complexity index is 583. The fourth-order valence-electron chi connectivity index (χ4n) is 1.73. The maximum atomic E-state index is 13.6. The fourth-order valence-corrected chi connectivity index (χ4v) is 1.73. The van der Waals surface area contributed by atoms with Crippen molar-refractivity contribution in [3.63, 3.8) is 0 Å². The molecule has 0 atom stereocenters. The van der Waals surface area contributed by atoms with Gasteiger partial charge in [0.2, 0.25) is 0 Å². The lowest BCUT2D eigenvalue weighted by atomic mass is 10.1. The van der Waals surface area contributed by atoms with Gasteiger partial charge < -0.3 is 9.88 Å². The number of nitrogens with one attached hydrogen (secondary N) is 1. The minimum atomic E-state index is -0.308. The molecule has 0 spiro atoms. The van der Waals surface area contributed by atoms with Crippen molar-refractivity contribution in [3.05, 3.63) is 53.4 Å². The molecule has 1 heterocycles. The third-order valence-electron chi connectivity index (χ3n) is 2.57. The second kappa shape index (κ2) is 5.43. The van der Waals surface area contributed by atoms with Gasteiger partial charge in [-0.25, -0.2) is 9.37 Å². The molecule has 2 aromatic rings. The van der Waals surface area contributed by atoms with E-state index in [2.05, 4.69) is 10.3 Å². The van der Waals surface area contributed by atoms with Crippen LogP contribution in [0.5, 0.6) is 0 Å². The lowest BCUT2D eigenvalue weighted by Gasteiger charge is -2.04. The van der Waals surface area contributed by atoms with E-state index in [-0.39, 0.29) is 5.82 Å². The third kappa shape index (κ3) is 2.73. The molecule has 0 amide bonds. The summed E-state index contributed by atoms with van der Waals surface area (Å²) in [5.41, 5.74) is 1.85. The molecule has 0 aliphatic heterocycles. The summed E-state index contributed by atoms with van der Waals surface area (Å²) in [7, 11) is 1.84. The van der Waals surface area contributed by atoms with Gasteiger partial charge in [0, 0.05) is 18.3 Å². The van der Waals surface area contributed by atoms with Crippen LogP contribution in [0.3, 0.4) is 0 Å². The minimum absolute atomic E-state index is 0.308. The van der Waals surface area contributed by atoms with E-state index in [1.165, 1.54) is 12.1 Å². The molecule has 0 saturated heterocycles. The van der Waals surface area contributed by atoms with E-state index in [1.54, 1.807) is 17.0 Å². The average Bonchev–Trinajstić information content (AvgIpc) is 2.80. The molecule has 4 nitrogen and oxygen atoms in total. The lowest BCUT2D eigenvalue weighted by Crippen LogP contribution is -2.05. The van der Waals surface area contributed by atoms with Crippen LogP contribution in [-0.4, -0.2) is 16.6 Å². The molecular formula is C13H13FN4. The summed E-state index contributed by atoms with van der Waals surface area (Å²) in [4.78, 5) is 4.19. The molecule has 1 aromatic carbocycles. The van der Waals surface area contributed by atoms with Crippen molar-refractivity contribution in [1.82, 2.24) is 14.9 Å². The molecule has 0 unspecified atom stereocenters. The first kappa shape index (κ1) is 12.3. The largest absolute Gasteiger partial charge is 0.333 e. The van der Waals surface area contributed by atoms with E-state index in [0.717, 1.165) is 5.69 Å². The van der Waals surface area contributed by atoms with Gasteiger partial charge >= 0.3 is 0 Å². The molecule has 5 heteroatoms. The van der Waals surface area contributed by atoms with Crippen LogP contribution in [0.2, 0.25) is 0 Å². The number of benzene rings is 1. The van der Waals surface area contributed by atoms with Gasteiger partial charge in [-0.15, -0.1) is 0 Å². The van der Waals surface area contributed by atoms with Crippen molar-refractivity contribution < 1.29 is 4.39 Å². The monoisotopic (exact) mass is 244 g/mol. The van der Waals surface area contributed by atoms with Gasteiger partial charge in [0.25, 0.3) is 0 Å². The summed E-state index contributed by atoms with van der Waals surface area (Å²) in [5, 5.41) is 11.8. The number of hydrogen-bond donors (Lipinski definition) is 1. The van der Waals surface area contributed by atoms with Gasteiger partial charge in [-0.1, -0.05) is 0 Å². The molecule has 18 heavy (non-hydrogen) atoms. The summed E-state index contributed by atoms with van der Waals surface area (Å²) in [5.74, 6) is -0.308. The van der Waals surface area contributed by atoms with Crippen molar-refractivity contribution in [3.8, 4) is 6.07 Å². The Hall–Kier alpha value is -2.19. The van der Waals surface area contributed by atoms with Gasteiger partial charge in [-0.2, -0.15) is 5.26 Å². The van der Waals surface area contributed by atoms with Crippen LogP contribution in [-0.2, 0) is 13.1 Å². The van der Waals surface area contributed by atoms with Crippen molar-refractivity contribution in [2.24, 2.45) is 0 Å². The van der Waals surface area contributed by atoms with E-state index in [9.17, 15) is 4.39 Å². The zero-order chi connectivity index (χ0) is 13.0. The first-order valence-corrected chi connectivity index (χ1v) is 5.56. The smallest absolute Gasteiger partial charge is 0.128 e. The Labute approximate surface area is 105 Å². The average molecular weight is 244 g/mol. The van der Waals surface area contributed by atoms with Crippen molar-refractivity contribution in [2.45, 2.75) is 13.1 Å². The van der Waals surface area contributed by atoms with E-state index in [0.29, 0.717) is 24.2 Å². The molecule has 0 radical (unpaired) electrons. The first-order valence-electron chi connectivity index (χ1n) is 5.56. The van der Waals surface area contributed by atoms with Crippen LogP contribution in [0, 0.1) is 17.1 Å². The molecule has 0 aliphatic carbocycles. The Morgan fingerprint density at radius 2 is 2.33 bits per heavy atom. The van der Waals surface area contributed by atoms with Crippen LogP contribution in [0.1, 0.15) is 16.8 Å². The number of halogens is 1. The predicted octanol–water partition coefficient (Wildman–Crippen LogP) is 1.66. The van der Waals surface area contributed by atoms with Crippen molar-refractivity contribution >= 4 is 0 Å². The van der Waals surface area contributed by atoms with Crippen LogP contribution in [0.15, 0.2) is 30.7 Å². The number of nitriles is 1. The van der Waals surface area contributed by atoms with E-state index >= 15 is 0 Å². The van der Waals surface area contributed by atoms with Crippen molar-refractivity contribution in [1.29, 1.82) is 5.26 Å². The number of rotatable bonds is 4. The second-order valence-electron chi connectivity index (χ2n) is 3.99. The highest BCUT2D eigenvalue weighted by Crippen LogP contribution is 2.12. The first-order chi connectivity index (χ1) is 8.72. The molecule has 2 rings (SSSR count). The predicted molar refractivity (Wildman–Crippen MR) is 65.2 cm³/mol. The summed E-state index contributed by atoms with van der Waals surface area (Å²) >= 11 is 0. The lowest BCUT2D eigenvalue weighted by molar-refractivity contribution is 0.599. The normalized spacial score (nSPS) is 10.3. The standard InChI is InChI=1S/C13H13FN4/c1-16-6-12-8-18(9-17-12)7-11-4-10(5-15)2-3-13(11)14/h2-4,8-9,16H,6-7H2,1H3. The van der Waals surface area contributed by atoms with Gasteiger partial charge in [0.15, 0.2) is 0 Å². The highest BCUT2D eigenvalue weighted by atomic mass is 19.1. The fraction of sp³-hybridized carbons (Fsp3) is 0.231. The molecule has 1 aromatic heterocycles. The maximum absolute atomic E-state index is 13.6. The SMILES string of the molecule is CNCc1cn(Cc2cc(C#N)ccc2F)cn1. The van der Waals surface area contributed by atoms with E-state index < -0.39 is 0 Å². The molecule has 0 aliphatic rings. The van der Waals surface area contributed by atoms with Gasteiger partial charge in [-0.05, 0) is 25.2 Å². The van der Waals surface area contributed by atoms with Crippen LogP contribution >= 0.6 is 0 Å². The number of hydrogen-bond acceptors (Lipinski definition) is 3. The quantitative estimate of drug-likeness (QED) is 0.890. The minimum Gasteiger partial charge on any atom is -0.333 e. The van der Waals surface area contributed by atoms with Gasteiger partial charge in [0.1, 0.15) is 5.82 Å². The summed E-state index contributed by atoms with van der Waals surface area (Å²) in [6.45, 7) is 1.05. The maximum Gasteiger partial charge on any atom is 0.128 e. The van der Waals surface area contributed by atoms with E-state index in [4.69, 9.17) is 5.26 Å². The molecule has 0 saturated carbocycles. The number of aromatic nitrogens is 2. The second-order valence-corrected chi connectivity index (χ2v) is 3.99. The Kier molecular flexibility index (Phi) is 3.70. The molecule has 0 bridgehead atoms.